The van der Waals surface area contributed by atoms with Crippen molar-refractivity contribution in [2.24, 2.45) is 0 Å². The summed E-state index contributed by atoms with van der Waals surface area (Å²) in [5.74, 6) is 0. The van der Waals surface area contributed by atoms with E-state index in [9.17, 15) is 4.79 Å². The molecule has 0 aliphatic carbocycles. The first-order valence-corrected chi connectivity index (χ1v) is 7.97. The predicted molar refractivity (Wildman–Crippen MR) is 91.6 cm³/mol. The van der Waals surface area contributed by atoms with Gasteiger partial charge in [-0.25, -0.2) is 4.79 Å². The monoisotopic (exact) mass is 321 g/mol. The predicted octanol–water partition coefficient (Wildman–Crippen LogP) is 3.02. The molecule has 0 spiro atoms. The zero-order chi connectivity index (χ0) is 16.8. The van der Waals surface area contributed by atoms with E-state index in [0.29, 0.717) is 25.3 Å². The normalized spacial score (nSPS) is 14.1. The van der Waals surface area contributed by atoms with Gasteiger partial charge in [0.25, 0.3) is 0 Å². The van der Waals surface area contributed by atoms with Crippen LogP contribution in [0.5, 0.6) is 0 Å². The highest BCUT2D eigenvalue weighted by Gasteiger charge is 2.22. The summed E-state index contributed by atoms with van der Waals surface area (Å²) in [6, 6.07) is 19.3. The van der Waals surface area contributed by atoms with Crippen molar-refractivity contribution in [2.75, 3.05) is 31.1 Å². The van der Waals surface area contributed by atoms with E-state index in [1.54, 1.807) is 4.90 Å². The Morgan fingerprint density at radius 3 is 2.29 bits per heavy atom. The van der Waals surface area contributed by atoms with Crippen molar-refractivity contribution < 1.29 is 9.53 Å². The van der Waals surface area contributed by atoms with Gasteiger partial charge >= 0.3 is 6.09 Å². The largest absolute Gasteiger partial charge is 0.445 e. The van der Waals surface area contributed by atoms with Crippen LogP contribution >= 0.6 is 0 Å². The van der Waals surface area contributed by atoms with Crippen LogP contribution in [0.25, 0.3) is 0 Å². The first-order valence-electron chi connectivity index (χ1n) is 7.97. The molecule has 2 aromatic carbocycles. The van der Waals surface area contributed by atoms with E-state index in [4.69, 9.17) is 10.00 Å². The molecule has 0 aromatic heterocycles. The highest BCUT2D eigenvalue weighted by molar-refractivity contribution is 5.68. The van der Waals surface area contributed by atoms with Crippen molar-refractivity contribution in [2.45, 2.75) is 6.61 Å². The molecule has 24 heavy (non-hydrogen) atoms. The maximum absolute atomic E-state index is 12.1. The fraction of sp³-hybridized carbons (Fsp3) is 0.263. The number of nitriles is 1. The number of hydrogen-bond acceptors (Lipinski definition) is 4. The second-order valence-corrected chi connectivity index (χ2v) is 5.67. The third kappa shape index (κ3) is 3.85. The molecule has 0 N–H and O–H groups in total. The second-order valence-electron chi connectivity index (χ2n) is 5.67. The summed E-state index contributed by atoms with van der Waals surface area (Å²) in [4.78, 5) is 16.1. The van der Waals surface area contributed by atoms with Crippen molar-refractivity contribution >= 4 is 11.8 Å². The average Bonchev–Trinajstić information content (AvgIpc) is 2.67. The van der Waals surface area contributed by atoms with E-state index in [1.807, 2.05) is 54.6 Å². The first kappa shape index (κ1) is 15.9. The van der Waals surface area contributed by atoms with E-state index < -0.39 is 0 Å². The summed E-state index contributed by atoms with van der Waals surface area (Å²) in [6.07, 6.45) is -0.265. The first-order chi connectivity index (χ1) is 11.8. The minimum Gasteiger partial charge on any atom is -0.445 e. The van der Waals surface area contributed by atoms with Crippen LogP contribution in [0, 0.1) is 11.3 Å². The van der Waals surface area contributed by atoms with E-state index in [1.165, 1.54) is 0 Å². The molecule has 0 unspecified atom stereocenters. The standard InChI is InChI=1S/C19H19N3O2/c20-14-16-6-8-18(9-7-16)21-10-12-22(13-11-21)19(23)24-15-17-4-2-1-3-5-17/h1-9H,10-13,15H2. The highest BCUT2D eigenvalue weighted by atomic mass is 16.6. The molecule has 0 saturated carbocycles. The van der Waals surface area contributed by atoms with Gasteiger partial charge in [0.15, 0.2) is 0 Å². The van der Waals surface area contributed by atoms with Crippen LogP contribution in [-0.4, -0.2) is 37.2 Å². The lowest BCUT2D eigenvalue weighted by atomic mass is 10.2. The molecule has 1 saturated heterocycles. The number of hydrogen-bond donors (Lipinski definition) is 0. The maximum Gasteiger partial charge on any atom is 0.410 e. The Bertz CT molecular complexity index is 715. The van der Waals surface area contributed by atoms with Crippen LogP contribution in [0.2, 0.25) is 0 Å². The van der Waals surface area contributed by atoms with Crippen LogP contribution in [0.1, 0.15) is 11.1 Å². The minimum absolute atomic E-state index is 0.265. The van der Waals surface area contributed by atoms with Crippen molar-refractivity contribution in [1.29, 1.82) is 5.26 Å². The van der Waals surface area contributed by atoms with Gasteiger partial charge in [-0.2, -0.15) is 5.26 Å². The Balaban J connectivity index is 1.49. The van der Waals surface area contributed by atoms with Crippen molar-refractivity contribution in [3.63, 3.8) is 0 Å². The quantitative estimate of drug-likeness (QED) is 0.872. The summed E-state index contributed by atoms with van der Waals surface area (Å²) in [5.41, 5.74) is 2.72. The third-order valence-corrected chi connectivity index (χ3v) is 4.10. The molecule has 0 atom stereocenters. The van der Waals surface area contributed by atoms with Crippen LogP contribution in [0.4, 0.5) is 10.5 Å². The van der Waals surface area contributed by atoms with E-state index in [2.05, 4.69) is 11.0 Å². The molecular weight excluding hydrogens is 302 g/mol. The number of amides is 1. The molecular formula is C19H19N3O2. The Morgan fingerprint density at radius 1 is 1.00 bits per heavy atom. The Kier molecular flexibility index (Phi) is 4.97. The fourth-order valence-electron chi connectivity index (χ4n) is 2.70. The van der Waals surface area contributed by atoms with Crippen LogP contribution in [-0.2, 0) is 11.3 Å². The van der Waals surface area contributed by atoms with Gasteiger partial charge < -0.3 is 14.5 Å². The summed E-state index contributed by atoms with van der Waals surface area (Å²) in [6.45, 7) is 3.08. The smallest absolute Gasteiger partial charge is 0.410 e. The average molecular weight is 321 g/mol. The lowest BCUT2D eigenvalue weighted by Gasteiger charge is -2.35. The van der Waals surface area contributed by atoms with E-state index in [-0.39, 0.29) is 6.09 Å². The second kappa shape index (κ2) is 7.51. The van der Waals surface area contributed by atoms with Gasteiger partial charge in [-0.05, 0) is 29.8 Å². The van der Waals surface area contributed by atoms with Crippen molar-refractivity contribution in [3.8, 4) is 6.07 Å². The van der Waals surface area contributed by atoms with Gasteiger partial charge in [-0.15, -0.1) is 0 Å². The van der Waals surface area contributed by atoms with Crippen molar-refractivity contribution in [3.05, 3.63) is 65.7 Å². The van der Waals surface area contributed by atoms with Crippen LogP contribution < -0.4 is 4.90 Å². The number of nitrogens with zero attached hydrogens (tertiary/aromatic N) is 3. The molecule has 0 bridgehead atoms. The number of ether oxygens (including phenoxy) is 1. The number of piperazine rings is 1. The highest BCUT2D eigenvalue weighted by Crippen LogP contribution is 2.17. The van der Waals surface area contributed by atoms with Gasteiger partial charge in [0.1, 0.15) is 6.61 Å². The van der Waals surface area contributed by atoms with Gasteiger partial charge in [0.2, 0.25) is 0 Å². The van der Waals surface area contributed by atoms with Gasteiger partial charge in [0.05, 0.1) is 11.6 Å². The molecule has 1 aliphatic rings. The SMILES string of the molecule is N#Cc1ccc(N2CCN(C(=O)OCc3ccccc3)CC2)cc1. The molecule has 1 amide bonds. The zero-order valence-electron chi connectivity index (χ0n) is 13.4. The Hall–Kier alpha value is -3.00. The number of rotatable bonds is 3. The van der Waals surface area contributed by atoms with Crippen LogP contribution in [0.3, 0.4) is 0 Å². The number of carbonyl (C=O) groups excluding carboxylic acids is 1. The molecule has 1 aliphatic heterocycles. The maximum atomic E-state index is 12.1. The molecule has 3 rings (SSSR count). The molecule has 0 radical (unpaired) electrons. The number of benzene rings is 2. The molecule has 122 valence electrons. The summed E-state index contributed by atoms with van der Waals surface area (Å²) in [5, 5.41) is 8.85. The summed E-state index contributed by atoms with van der Waals surface area (Å²) >= 11 is 0. The summed E-state index contributed by atoms with van der Waals surface area (Å²) in [7, 11) is 0. The summed E-state index contributed by atoms with van der Waals surface area (Å²) < 4.78 is 5.37. The van der Waals surface area contributed by atoms with Crippen molar-refractivity contribution in [1.82, 2.24) is 4.90 Å². The molecule has 5 nitrogen and oxygen atoms in total. The fourth-order valence-corrected chi connectivity index (χ4v) is 2.70. The topological polar surface area (TPSA) is 56.6 Å². The lowest BCUT2D eigenvalue weighted by Crippen LogP contribution is -2.48. The van der Waals surface area contributed by atoms with Crippen LogP contribution in [0.15, 0.2) is 54.6 Å². The van der Waals surface area contributed by atoms with E-state index >= 15 is 0 Å². The third-order valence-electron chi connectivity index (χ3n) is 4.10. The zero-order valence-corrected chi connectivity index (χ0v) is 13.4. The van der Waals surface area contributed by atoms with E-state index in [0.717, 1.165) is 24.3 Å². The minimum atomic E-state index is -0.265. The molecule has 1 fully saturated rings. The number of anilines is 1. The van der Waals surface area contributed by atoms with Gasteiger partial charge in [0, 0.05) is 31.9 Å². The molecule has 2 aromatic rings. The molecule has 1 heterocycles. The van der Waals surface area contributed by atoms with Gasteiger partial charge in [-0.1, -0.05) is 30.3 Å². The lowest BCUT2D eigenvalue weighted by molar-refractivity contribution is 0.0942. The van der Waals surface area contributed by atoms with Gasteiger partial charge in [-0.3, -0.25) is 0 Å². The Labute approximate surface area is 141 Å². The number of carbonyl (C=O) groups is 1. The Morgan fingerprint density at radius 2 is 1.67 bits per heavy atom. The molecule has 5 heteroatoms.